The molecule has 1 amide bonds. The minimum absolute atomic E-state index is 0.123. The van der Waals surface area contributed by atoms with Crippen LogP contribution in [0, 0.1) is 0 Å². The lowest BCUT2D eigenvalue weighted by Gasteiger charge is -2.32. The summed E-state index contributed by atoms with van der Waals surface area (Å²) < 4.78 is 45.6. The number of amides is 1. The average Bonchev–Trinajstić information content (AvgIpc) is 3.12. The van der Waals surface area contributed by atoms with Crippen molar-refractivity contribution in [1.29, 1.82) is 0 Å². The first-order valence-corrected chi connectivity index (χ1v) is 12.1. The lowest BCUT2D eigenvalue weighted by molar-refractivity contribution is -0.137. The van der Waals surface area contributed by atoms with E-state index < -0.39 is 34.5 Å². The number of allylic oxidation sites excluding steroid dienone is 1. The summed E-state index contributed by atoms with van der Waals surface area (Å²) >= 11 is 0. The van der Waals surface area contributed by atoms with Gasteiger partial charge in [-0.15, -0.1) is 0 Å². The van der Waals surface area contributed by atoms with Crippen molar-refractivity contribution in [3.05, 3.63) is 91.7 Å². The first kappa shape index (κ1) is 24.1. The lowest BCUT2D eigenvalue weighted by atomic mass is 9.98. The Labute approximate surface area is 197 Å². The van der Waals surface area contributed by atoms with Crippen LogP contribution in [0.5, 0.6) is 0 Å². The summed E-state index contributed by atoms with van der Waals surface area (Å²) in [6.07, 6.45) is -3.79. The summed E-state index contributed by atoms with van der Waals surface area (Å²) in [4.78, 5) is 25.5. The molecule has 1 unspecified atom stereocenters. The number of hydrogen-bond acceptors (Lipinski definition) is 3. The number of carboxylic acid groups (broad SMARTS) is 1. The van der Waals surface area contributed by atoms with Gasteiger partial charge in [0.1, 0.15) is 0 Å². The maximum Gasteiger partial charge on any atom is 0.416 e. The van der Waals surface area contributed by atoms with Crippen LogP contribution >= 0.6 is 10.9 Å². The van der Waals surface area contributed by atoms with Gasteiger partial charge in [-0.25, -0.2) is 4.79 Å². The zero-order valence-corrected chi connectivity index (χ0v) is 19.2. The number of halogens is 3. The Morgan fingerprint density at radius 3 is 2.50 bits per heavy atom. The number of carboxylic acids is 1. The van der Waals surface area contributed by atoms with Crippen LogP contribution < -0.4 is 5.73 Å². The van der Waals surface area contributed by atoms with Crippen molar-refractivity contribution in [3.63, 3.8) is 0 Å². The fraction of sp³-hybridized carbons (Fsp3) is 0.280. The van der Waals surface area contributed by atoms with Crippen molar-refractivity contribution < 1.29 is 32.6 Å². The molecule has 0 saturated heterocycles. The molecule has 2 aliphatic rings. The van der Waals surface area contributed by atoms with Crippen LogP contribution in [0.4, 0.5) is 13.2 Å². The van der Waals surface area contributed by atoms with Gasteiger partial charge in [0.25, 0.3) is 0 Å². The van der Waals surface area contributed by atoms with Crippen LogP contribution in [0.3, 0.4) is 0 Å². The molecule has 0 aromatic heterocycles. The maximum atomic E-state index is 13.3. The molecule has 4 rings (SSSR count). The molecule has 2 aromatic carbocycles. The molecule has 2 aliphatic heterocycles. The number of thiol groups is 1. The van der Waals surface area contributed by atoms with Gasteiger partial charge in [0.2, 0.25) is 5.91 Å². The highest BCUT2D eigenvalue weighted by Crippen LogP contribution is 2.63. The van der Waals surface area contributed by atoms with Gasteiger partial charge >= 0.3 is 12.1 Å². The van der Waals surface area contributed by atoms with Crippen molar-refractivity contribution >= 4 is 22.8 Å². The Kier molecular flexibility index (Phi) is 6.60. The van der Waals surface area contributed by atoms with E-state index in [1.165, 1.54) is 18.2 Å². The third-order valence-corrected chi connectivity index (χ3v) is 9.17. The second-order valence-electron chi connectivity index (χ2n) is 8.26. The van der Waals surface area contributed by atoms with Crippen LogP contribution in [-0.2, 0) is 22.1 Å². The monoisotopic (exact) mass is 491 g/mol. The molecule has 2 aromatic rings. The van der Waals surface area contributed by atoms with Crippen LogP contribution in [0.1, 0.15) is 45.6 Å². The number of carbonyl (C=O) groups is 2. The maximum absolute atomic E-state index is 13.3. The molecule has 34 heavy (non-hydrogen) atoms. The van der Waals surface area contributed by atoms with Crippen molar-refractivity contribution in [1.82, 2.24) is 0 Å². The Bertz CT molecular complexity index is 1200. The smallest absolute Gasteiger partial charge is 0.416 e. The molecule has 5 nitrogen and oxygen atoms in total. The molecule has 0 radical (unpaired) electrons. The predicted octanol–water partition coefficient (Wildman–Crippen LogP) is 5.14. The van der Waals surface area contributed by atoms with Gasteiger partial charge in [-0.2, -0.15) is 24.1 Å². The molecule has 0 aliphatic carbocycles. The first-order valence-electron chi connectivity index (χ1n) is 10.7. The normalized spacial score (nSPS) is 20.3. The molecule has 0 saturated carbocycles. The number of benzene rings is 2. The molecular formula is C25H24F3NO4S. The van der Waals surface area contributed by atoms with Crippen molar-refractivity contribution in [3.8, 4) is 0 Å². The summed E-state index contributed by atoms with van der Waals surface area (Å²) in [6, 6.07) is 11.6. The van der Waals surface area contributed by atoms with E-state index in [0.717, 1.165) is 33.1 Å². The molecule has 0 spiro atoms. The third-order valence-electron chi connectivity index (χ3n) is 6.16. The largest absolute Gasteiger partial charge is 0.478 e. The highest BCUT2D eigenvalue weighted by Gasteiger charge is 2.38. The molecule has 0 fully saturated rings. The molecule has 2 heterocycles. The van der Waals surface area contributed by atoms with Crippen LogP contribution in [0.25, 0.3) is 0 Å². The van der Waals surface area contributed by atoms with Crippen LogP contribution in [-0.4, -0.2) is 30.2 Å². The summed E-state index contributed by atoms with van der Waals surface area (Å²) in [7, 11) is -1.16. The van der Waals surface area contributed by atoms with Gasteiger partial charge in [0, 0.05) is 11.7 Å². The Morgan fingerprint density at radius 2 is 1.88 bits per heavy atom. The highest BCUT2D eigenvalue weighted by atomic mass is 32.2. The molecule has 9 heteroatoms. The number of aromatic carboxylic acids is 1. The minimum Gasteiger partial charge on any atom is -0.478 e. The molecular weight excluding hydrogens is 467 g/mol. The van der Waals surface area contributed by atoms with E-state index in [0.29, 0.717) is 30.8 Å². The van der Waals surface area contributed by atoms with E-state index in [1.807, 2.05) is 6.92 Å². The zero-order valence-electron chi connectivity index (χ0n) is 18.4. The summed E-state index contributed by atoms with van der Waals surface area (Å²) in [5.41, 5.74) is 7.80. The minimum atomic E-state index is -4.47. The van der Waals surface area contributed by atoms with Gasteiger partial charge in [0.15, 0.2) is 0 Å². The van der Waals surface area contributed by atoms with Crippen molar-refractivity contribution in [2.75, 3.05) is 13.2 Å². The number of rotatable bonds is 6. The van der Waals surface area contributed by atoms with Gasteiger partial charge in [0.05, 0.1) is 29.9 Å². The number of hydrogen-bond donors (Lipinski definition) is 3. The Morgan fingerprint density at radius 1 is 1.18 bits per heavy atom. The topological polar surface area (TPSA) is 89.6 Å². The summed E-state index contributed by atoms with van der Waals surface area (Å²) in [5.74, 6) is -1.62. The Hall–Kier alpha value is -3.04. The summed E-state index contributed by atoms with van der Waals surface area (Å²) in [5, 5.41) is 9.08. The number of alkyl halides is 3. The zero-order chi connectivity index (χ0) is 24.6. The standard InChI is InChI=1S/C25H24F3NO4S/c1-14(16-5-7-17(8-6-16)24(31)32)34-20(12-15-3-2-4-18(11-15)25(26,27)28)22(23(29)30)19-9-10-33-13-21(19)34/h2-8,11,14,34H,9-10,12-13H2,1H3,(H2,29,30)(H,31,32)/t14-/m0/s1. The van der Waals surface area contributed by atoms with E-state index in [-0.39, 0.29) is 17.2 Å². The van der Waals surface area contributed by atoms with Gasteiger partial charge in [-0.05, 0) is 51.1 Å². The van der Waals surface area contributed by atoms with E-state index in [2.05, 4.69) is 0 Å². The second-order valence-corrected chi connectivity index (χ2v) is 10.9. The quantitative estimate of drug-likeness (QED) is 0.489. The third kappa shape index (κ3) is 4.63. The van der Waals surface area contributed by atoms with E-state index in [1.54, 1.807) is 18.2 Å². The van der Waals surface area contributed by atoms with E-state index >= 15 is 0 Å². The van der Waals surface area contributed by atoms with Gasteiger partial charge in [-0.3, -0.25) is 4.79 Å². The average molecular weight is 492 g/mol. The van der Waals surface area contributed by atoms with Crippen molar-refractivity contribution in [2.24, 2.45) is 5.73 Å². The molecule has 0 bridgehead atoms. The van der Waals surface area contributed by atoms with E-state index in [9.17, 15) is 27.9 Å². The second kappa shape index (κ2) is 9.31. The number of nitrogens with two attached hydrogens (primary N) is 1. The fourth-order valence-electron chi connectivity index (χ4n) is 4.55. The predicted molar refractivity (Wildman–Crippen MR) is 125 cm³/mol. The number of ether oxygens (including phenoxy) is 1. The molecule has 2 atom stereocenters. The van der Waals surface area contributed by atoms with Crippen LogP contribution in [0.15, 0.2) is 69.5 Å². The molecule has 180 valence electrons. The SMILES string of the molecule is C[C@@H](c1ccc(C(=O)O)cc1)[SH]1C2=C(CCOC2)C(C(N)=O)=C1Cc1cccc(C(F)(F)F)c1. The number of carbonyl (C=O) groups excluding carboxylic acids is 1. The first-order chi connectivity index (χ1) is 16.1. The lowest BCUT2D eigenvalue weighted by Crippen LogP contribution is -2.18. The molecule has 3 N–H and O–H groups in total. The van der Waals surface area contributed by atoms with Crippen molar-refractivity contribution in [2.45, 2.75) is 31.2 Å². The number of primary amides is 1. The fourth-order valence-corrected chi connectivity index (χ4v) is 7.87. The van der Waals surface area contributed by atoms with Crippen LogP contribution in [0.2, 0.25) is 0 Å². The van der Waals surface area contributed by atoms with E-state index in [4.69, 9.17) is 10.5 Å². The Balaban J connectivity index is 1.78. The summed E-state index contributed by atoms with van der Waals surface area (Å²) in [6.45, 7) is 2.76. The van der Waals surface area contributed by atoms with Gasteiger partial charge in [-0.1, -0.05) is 37.3 Å². The highest BCUT2D eigenvalue weighted by molar-refractivity contribution is 8.24. The van der Waals surface area contributed by atoms with Gasteiger partial charge < -0.3 is 15.6 Å².